The molecule has 2 aliphatic rings. The highest BCUT2D eigenvalue weighted by Crippen LogP contribution is 2.39. The van der Waals surface area contributed by atoms with Crippen molar-refractivity contribution in [2.24, 2.45) is 17.8 Å². The molecule has 1 heterocycles. The van der Waals surface area contributed by atoms with E-state index in [2.05, 4.69) is 5.32 Å². The maximum absolute atomic E-state index is 11.6. The van der Waals surface area contributed by atoms with Gasteiger partial charge in [0.1, 0.15) is 0 Å². The molecule has 0 aromatic heterocycles. The fourth-order valence-corrected chi connectivity index (χ4v) is 2.69. The molecule has 1 saturated carbocycles. The van der Waals surface area contributed by atoms with E-state index in [1.165, 1.54) is 0 Å². The van der Waals surface area contributed by atoms with E-state index in [-0.39, 0.29) is 18.0 Å². The number of fused-ring (bicyclic) bond motifs is 1. The third kappa shape index (κ3) is 1.92. The summed E-state index contributed by atoms with van der Waals surface area (Å²) < 4.78 is 5.24. The minimum Gasteiger partial charge on any atom is -0.463 e. The van der Waals surface area contributed by atoms with Crippen LogP contribution in [0, 0.1) is 17.8 Å². The van der Waals surface area contributed by atoms with Crippen LogP contribution in [0.1, 0.15) is 26.7 Å². The van der Waals surface area contributed by atoms with Gasteiger partial charge in [-0.3, -0.25) is 4.79 Å². The largest absolute Gasteiger partial charge is 0.463 e. The maximum atomic E-state index is 11.6. The summed E-state index contributed by atoms with van der Waals surface area (Å²) in [5.41, 5.74) is 0. The van der Waals surface area contributed by atoms with Crippen molar-refractivity contribution in [3.63, 3.8) is 0 Å². The lowest BCUT2D eigenvalue weighted by Gasteiger charge is -2.13. The predicted molar refractivity (Wildman–Crippen MR) is 53.8 cm³/mol. The highest BCUT2D eigenvalue weighted by atomic mass is 16.5. The lowest BCUT2D eigenvalue weighted by molar-refractivity contribution is -0.152. The van der Waals surface area contributed by atoms with Gasteiger partial charge in [-0.05, 0) is 51.6 Å². The quantitative estimate of drug-likeness (QED) is 0.676. The fraction of sp³-hybridized carbons (Fsp3) is 0.909. The number of carbonyl (C=O) groups excluding carboxylic acids is 1. The minimum absolute atomic E-state index is 0.0226. The Hall–Kier alpha value is -0.570. The van der Waals surface area contributed by atoms with Crippen LogP contribution in [0.15, 0.2) is 0 Å². The molecule has 1 N–H and O–H groups in total. The second kappa shape index (κ2) is 3.89. The first kappa shape index (κ1) is 9.97. The van der Waals surface area contributed by atoms with Crippen molar-refractivity contribution >= 4 is 5.97 Å². The minimum atomic E-state index is 0.0226. The first-order chi connectivity index (χ1) is 6.66. The van der Waals surface area contributed by atoms with Crippen molar-refractivity contribution in [3.05, 3.63) is 0 Å². The van der Waals surface area contributed by atoms with Crippen molar-refractivity contribution in [2.75, 3.05) is 13.1 Å². The van der Waals surface area contributed by atoms with Crippen LogP contribution in [0.25, 0.3) is 0 Å². The van der Waals surface area contributed by atoms with Crippen molar-refractivity contribution < 1.29 is 9.53 Å². The zero-order valence-corrected chi connectivity index (χ0v) is 8.95. The van der Waals surface area contributed by atoms with Crippen molar-refractivity contribution in [2.45, 2.75) is 32.8 Å². The van der Waals surface area contributed by atoms with Gasteiger partial charge in [0.2, 0.25) is 0 Å². The summed E-state index contributed by atoms with van der Waals surface area (Å²) in [4.78, 5) is 11.6. The van der Waals surface area contributed by atoms with Gasteiger partial charge in [0.05, 0.1) is 12.0 Å². The normalized spacial score (nSPS) is 36.1. The van der Waals surface area contributed by atoms with Gasteiger partial charge in [-0.15, -0.1) is 0 Å². The van der Waals surface area contributed by atoms with Crippen LogP contribution in [0.2, 0.25) is 0 Å². The Bertz CT molecular complexity index is 215. The molecule has 0 radical (unpaired) electrons. The van der Waals surface area contributed by atoms with Gasteiger partial charge in [0, 0.05) is 0 Å². The van der Waals surface area contributed by atoms with Gasteiger partial charge >= 0.3 is 5.97 Å². The number of hydrogen-bond donors (Lipinski definition) is 1. The molecular weight excluding hydrogens is 178 g/mol. The lowest BCUT2D eigenvalue weighted by Crippen LogP contribution is -2.21. The second-order valence-electron chi connectivity index (χ2n) is 4.83. The molecule has 2 fully saturated rings. The van der Waals surface area contributed by atoms with Gasteiger partial charge < -0.3 is 10.1 Å². The van der Waals surface area contributed by atoms with Crippen LogP contribution in [0.3, 0.4) is 0 Å². The topological polar surface area (TPSA) is 38.3 Å². The molecule has 14 heavy (non-hydrogen) atoms. The Labute approximate surface area is 85.2 Å². The Morgan fingerprint density at radius 1 is 1.29 bits per heavy atom. The van der Waals surface area contributed by atoms with E-state index < -0.39 is 0 Å². The van der Waals surface area contributed by atoms with E-state index in [1.807, 2.05) is 13.8 Å². The van der Waals surface area contributed by atoms with Gasteiger partial charge in [-0.1, -0.05) is 0 Å². The number of nitrogens with one attached hydrogen (secondary N) is 1. The van der Waals surface area contributed by atoms with Crippen LogP contribution in [-0.4, -0.2) is 25.2 Å². The third-order valence-electron chi connectivity index (χ3n) is 3.34. The lowest BCUT2D eigenvalue weighted by atomic mass is 10.0. The molecule has 0 amide bonds. The molecule has 3 atom stereocenters. The molecule has 0 aromatic carbocycles. The Morgan fingerprint density at radius 2 is 1.86 bits per heavy atom. The van der Waals surface area contributed by atoms with Gasteiger partial charge in [-0.2, -0.15) is 0 Å². The van der Waals surface area contributed by atoms with Crippen molar-refractivity contribution in [1.82, 2.24) is 5.32 Å². The molecule has 1 aliphatic carbocycles. The standard InChI is InChI=1S/C11H19NO2/c1-7(2)14-11(13)8-3-9-5-12-6-10(9)4-8/h7-10,12H,3-6H2,1-2H3/t8?,9-,10+. The molecule has 1 aliphatic heterocycles. The van der Waals surface area contributed by atoms with Gasteiger partial charge in [0.25, 0.3) is 0 Å². The van der Waals surface area contributed by atoms with E-state index in [4.69, 9.17) is 4.74 Å². The third-order valence-corrected chi connectivity index (χ3v) is 3.34. The average Bonchev–Trinajstić information content (AvgIpc) is 2.58. The molecule has 3 heteroatoms. The fourth-order valence-electron chi connectivity index (χ4n) is 2.69. The average molecular weight is 197 g/mol. The Kier molecular flexibility index (Phi) is 2.77. The molecule has 0 aromatic rings. The van der Waals surface area contributed by atoms with Crippen LogP contribution >= 0.6 is 0 Å². The first-order valence-corrected chi connectivity index (χ1v) is 5.58. The number of esters is 1. The highest BCUT2D eigenvalue weighted by molar-refractivity contribution is 5.73. The zero-order valence-electron chi connectivity index (χ0n) is 8.95. The van der Waals surface area contributed by atoms with Crippen LogP contribution in [-0.2, 0) is 9.53 Å². The van der Waals surface area contributed by atoms with Gasteiger partial charge in [0.15, 0.2) is 0 Å². The molecule has 1 saturated heterocycles. The molecular formula is C11H19NO2. The first-order valence-electron chi connectivity index (χ1n) is 5.58. The van der Waals surface area contributed by atoms with E-state index in [0.29, 0.717) is 0 Å². The molecule has 0 spiro atoms. The Balaban J connectivity index is 1.86. The number of carbonyl (C=O) groups is 1. The molecule has 2 rings (SSSR count). The Morgan fingerprint density at radius 3 is 2.36 bits per heavy atom. The second-order valence-corrected chi connectivity index (χ2v) is 4.83. The monoisotopic (exact) mass is 197 g/mol. The molecule has 1 unspecified atom stereocenters. The van der Waals surface area contributed by atoms with Gasteiger partial charge in [-0.25, -0.2) is 0 Å². The number of rotatable bonds is 2. The van der Waals surface area contributed by atoms with E-state index in [9.17, 15) is 4.79 Å². The van der Waals surface area contributed by atoms with E-state index in [1.54, 1.807) is 0 Å². The smallest absolute Gasteiger partial charge is 0.309 e. The number of ether oxygens (including phenoxy) is 1. The summed E-state index contributed by atoms with van der Waals surface area (Å²) in [5.74, 6) is 1.64. The predicted octanol–water partition coefficient (Wildman–Crippen LogP) is 1.18. The number of hydrogen-bond acceptors (Lipinski definition) is 3. The summed E-state index contributed by atoms with van der Waals surface area (Å²) in [7, 11) is 0. The SMILES string of the molecule is CC(C)OC(=O)C1C[C@H]2CNC[C@H]2C1. The molecule has 3 nitrogen and oxygen atoms in total. The summed E-state index contributed by atoms with van der Waals surface area (Å²) in [5, 5.41) is 3.37. The summed E-state index contributed by atoms with van der Waals surface area (Å²) >= 11 is 0. The van der Waals surface area contributed by atoms with Crippen LogP contribution < -0.4 is 5.32 Å². The highest BCUT2D eigenvalue weighted by Gasteiger charge is 2.40. The zero-order chi connectivity index (χ0) is 10.1. The maximum Gasteiger partial charge on any atom is 0.309 e. The summed E-state index contributed by atoms with van der Waals surface area (Å²) in [6.07, 6.45) is 2.09. The van der Waals surface area contributed by atoms with Crippen LogP contribution in [0.5, 0.6) is 0 Å². The summed E-state index contributed by atoms with van der Waals surface area (Å²) in [6.45, 7) is 6.01. The molecule has 0 bridgehead atoms. The molecule has 80 valence electrons. The van der Waals surface area contributed by atoms with Crippen LogP contribution in [0.4, 0.5) is 0 Å². The van der Waals surface area contributed by atoms with Crippen molar-refractivity contribution in [3.8, 4) is 0 Å². The van der Waals surface area contributed by atoms with E-state index in [0.717, 1.165) is 37.8 Å². The summed E-state index contributed by atoms with van der Waals surface area (Å²) in [6, 6.07) is 0. The van der Waals surface area contributed by atoms with Crippen molar-refractivity contribution in [1.29, 1.82) is 0 Å². The van der Waals surface area contributed by atoms with E-state index >= 15 is 0 Å².